The highest BCUT2D eigenvalue weighted by molar-refractivity contribution is 6.30. The van der Waals surface area contributed by atoms with Crippen molar-refractivity contribution >= 4 is 23.4 Å². The van der Waals surface area contributed by atoms with Crippen molar-refractivity contribution in [3.63, 3.8) is 0 Å². The van der Waals surface area contributed by atoms with E-state index in [1.54, 1.807) is 24.3 Å². The zero-order chi connectivity index (χ0) is 16.7. The minimum Gasteiger partial charge on any atom is -0.391 e. The van der Waals surface area contributed by atoms with Crippen LogP contribution in [0.1, 0.15) is 38.8 Å². The number of aliphatic hydroxyl groups is 1. The van der Waals surface area contributed by atoms with Crippen molar-refractivity contribution in [2.45, 2.75) is 39.3 Å². The number of amides is 2. The lowest BCUT2D eigenvalue weighted by molar-refractivity contribution is -0.123. The SMILES string of the molecule is CC(=O)NC(CC(=O)NCC(O)C(C)C)c1ccc(Cl)cc1. The van der Waals surface area contributed by atoms with Crippen molar-refractivity contribution in [1.29, 1.82) is 0 Å². The van der Waals surface area contributed by atoms with Crippen molar-refractivity contribution in [3.8, 4) is 0 Å². The third-order valence-corrected chi connectivity index (χ3v) is 3.57. The van der Waals surface area contributed by atoms with Crippen molar-refractivity contribution in [2.75, 3.05) is 6.54 Å². The van der Waals surface area contributed by atoms with Crippen molar-refractivity contribution in [1.82, 2.24) is 10.6 Å². The maximum absolute atomic E-state index is 12.0. The van der Waals surface area contributed by atoms with Crippen LogP contribution in [0.25, 0.3) is 0 Å². The molecule has 3 N–H and O–H groups in total. The molecular formula is C16H23ClN2O3. The molecule has 122 valence electrons. The summed E-state index contributed by atoms with van der Waals surface area (Å²) in [6.07, 6.45) is -0.481. The summed E-state index contributed by atoms with van der Waals surface area (Å²) in [5.41, 5.74) is 0.805. The molecular weight excluding hydrogens is 304 g/mol. The average molecular weight is 327 g/mol. The lowest BCUT2D eigenvalue weighted by Crippen LogP contribution is -2.37. The Bertz CT molecular complexity index is 503. The van der Waals surface area contributed by atoms with Crippen LogP contribution < -0.4 is 10.6 Å². The number of hydrogen-bond donors (Lipinski definition) is 3. The van der Waals surface area contributed by atoms with E-state index in [1.807, 2.05) is 13.8 Å². The fourth-order valence-electron chi connectivity index (χ4n) is 1.90. The van der Waals surface area contributed by atoms with Crippen LogP contribution in [-0.4, -0.2) is 29.6 Å². The smallest absolute Gasteiger partial charge is 0.222 e. The fraction of sp³-hybridized carbons (Fsp3) is 0.500. The molecule has 2 amide bonds. The lowest BCUT2D eigenvalue weighted by atomic mass is 10.0. The second-order valence-corrected chi connectivity index (χ2v) is 6.06. The van der Waals surface area contributed by atoms with Crippen molar-refractivity contribution < 1.29 is 14.7 Å². The molecule has 0 saturated carbocycles. The van der Waals surface area contributed by atoms with Crippen LogP contribution in [0.3, 0.4) is 0 Å². The van der Waals surface area contributed by atoms with E-state index in [9.17, 15) is 14.7 Å². The van der Waals surface area contributed by atoms with Gasteiger partial charge in [0, 0.05) is 18.5 Å². The summed E-state index contributed by atoms with van der Waals surface area (Å²) in [5, 5.41) is 15.7. The molecule has 0 saturated heterocycles. The standard InChI is InChI=1S/C16H23ClN2O3/c1-10(2)15(21)9-18-16(22)8-14(19-11(3)20)12-4-6-13(17)7-5-12/h4-7,10,14-15,21H,8-9H2,1-3H3,(H,18,22)(H,19,20). The van der Waals surface area contributed by atoms with E-state index in [-0.39, 0.29) is 30.7 Å². The van der Waals surface area contributed by atoms with Crippen LogP contribution in [0.2, 0.25) is 5.02 Å². The first-order valence-electron chi connectivity index (χ1n) is 7.27. The number of hydrogen-bond acceptors (Lipinski definition) is 3. The van der Waals surface area contributed by atoms with E-state index in [2.05, 4.69) is 10.6 Å². The maximum atomic E-state index is 12.0. The van der Waals surface area contributed by atoms with Gasteiger partial charge in [-0.2, -0.15) is 0 Å². The van der Waals surface area contributed by atoms with Gasteiger partial charge in [-0.3, -0.25) is 9.59 Å². The van der Waals surface area contributed by atoms with Gasteiger partial charge in [-0.25, -0.2) is 0 Å². The first-order chi connectivity index (χ1) is 10.3. The van der Waals surface area contributed by atoms with Crippen LogP contribution in [-0.2, 0) is 9.59 Å². The molecule has 1 aromatic carbocycles. The largest absolute Gasteiger partial charge is 0.391 e. The highest BCUT2D eigenvalue weighted by atomic mass is 35.5. The summed E-state index contributed by atoms with van der Waals surface area (Å²) in [7, 11) is 0. The Morgan fingerprint density at radius 3 is 2.32 bits per heavy atom. The second kappa shape index (κ2) is 8.76. The zero-order valence-electron chi connectivity index (χ0n) is 13.1. The number of aliphatic hydroxyl groups excluding tert-OH is 1. The number of halogens is 1. The maximum Gasteiger partial charge on any atom is 0.222 e. The summed E-state index contributed by atoms with van der Waals surface area (Å²) in [4.78, 5) is 23.3. The molecule has 0 aliphatic heterocycles. The van der Waals surface area contributed by atoms with Crippen molar-refractivity contribution in [3.05, 3.63) is 34.9 Å². The van der Waals surface area contributed by atoms with Gasteiger partial charge >= 0.3 is 0 Å². The Morgan fingerprint density at radius 2 is 1.82 bits per heavy atom. The van der Waals surface area contributed by atoms with Gasteiger partial charge in [0.15, 0.2) is 0 Å². The minimum absolute atomic E-state index is 0.0720. The van der Waals surface area contributed by atoms with Gasteiger partial charge in [0.25, 0.3) is 0 Å². The number of carbonyl (C=O) groups excluding carboxylic acids is 2. The van der Waals surface area contributed by atoms with E-state index >= 15 is 0 Å². The van der Waals surface area contributed by atoms with Gasteiger partial charge in [-0.15, -0.1) is 0 Å². The molecule has 2 atom stereocenters. The molecule has 0 heterocycles. The van der Waals surface area contributed by atoms with Crippen LogP contribution in [0, 0.1) is 5.92 Å². The molecule has 0 bridgehead atoms. The molecule has 5 nitrogen and oxygen atoms in total. The van der Waals surface area contributed by atoms with Crippen molar-refractivity contribution in [2.24, 2.45) is 5.92 Å². The molecule has 6 heteroatoms. The lowest BCUT2D eigenvalue weighted by Gasteiger charge is -2.20. The molecule has 2 unspecified atom stereocenters. The van der Waals surface area contributed by atoms with Gasteiger partial charge in [-0.1, -0.05) is 37.6 Å². The number of rotatable bonds is 7. The molecule has 0 spiro atoms. The molecule has 0 aliphatic carbocycles. The van der Waals surface area contributed by atoms with Crippen LogP contribution in [0.5, 0.6) is 0 Å². The van der Waals surface area contributed by atoms with Gasteiger partial charge in [-0.05, 0) is 23.6 Å². The second-order valence-electron chi connectivity index (χ2n) is 5.62. The number of carbonyl (C=O) groups is 2. The Labute approximate surface area is 136 Å². The Hall–Kier alpha value is -1.59. The molecule has 0 radical (unpaired) electrons. The zero-order valence-corrected chi connectivity index (χ0v) is 13.9. The van der Waals surface area contributed by atoms with Crippen LogP contribution in [0.4, 0.5) is 0 Å². The highest BCUT2D eigenvalue weighted by Crippen LogP contribution is 2.19. The third-order valence-electron chi connectivity index (χ3n) is 3.32. The summed E-state index contributed by atoms with van der Waals surface area (Å²) in [5.74, 6) is -0.369. The van der Waals surface area contributed by atoms with Crippen LogP contribution in [0.15, 0.2) is 24.3 Å². The molecule has 0 fully saturated rings. The normalized spacial score (nSPS) is 13.5. The Morgan fingerprint density at radius 1 is 1.23 bits per heavy atom. The molecule has 22 heavy (non-hydrogen) atoms. The molecule has 1 rings (SSSR count). The molecule has 0 aliphatic rings. The van der Waals surface area contributed by atoms with Gasteiger partial charge in [0.05, 0.1) is 18.6 Å². The van der Waals surface area contributed by atoms with E-state index in [4.69, 9.17) is 11.6 Å². The summed E-state index contributed by atoms with van der Waals surface area (Å²) >= 11 is 5.85. The fourth-order valence-corrected chi connectivity index (χ4v) is 2.03. The number of nitrogens with one attached hydrogen (secondary N) is 2. The monoisotopic (exact) mass is 326 g/mol. The van der Waals surface area contributed by atoms with E-state index in [0.29, 0.717) is 5.02 Å². The molecule has 0 aromatic heterocycles. The Kier molecular flexibility index (Phi) is 7.35. The third kappa shape index (κ3) is 6.45. The number of benzene rings is 1. The first kappa shape index (κ1) is 18.5. The summed E-state index contributed by atoms with van der Waals surface area (Å²) in [6, 6.07) is 6.56. The van der Waals surface area contributed by atoms with E-state index < -0.39 is 12.1 Å². The predicted octanol–water partition coefficient (Wildman–Crippen LogP) is 2.04. The Balaban J connectivity index is 2.67. The highest BCUT2D eigenvalue weighted by Gasteiger charge is 2.18. The molecule has 1 aromatic rings. The average Bonchev–Trinajstić information content (AvgIpc) is 2.44. The first-order valence-corrected chi connectivity index (χ1v) is 7.64. The summed E-state index contributed by atoms with van der Waals surface area (Å²) < 4.78 is 0. The van der Waals surface area contributed by atoms with E-state index in [0.717, 1.165) is 5.56 Å². The van der Waals surface area contributed by atoms with E-state index in [1.165, 1.54) is 6.92 Å². The minimum atomic E-state index is -0.585. The van der Waals surface area contributed by atoms with Crippen LogP contribution >= 0.6 is 11.6 Å². The van der Waals surface area contributed by atoms with Gasteiger partial charge < -0.3 is 15.7 Å². The predicted molar refractivity (Wildman–Crippen MR) is 86.5 cm³/mol. The van der Waals surface area contributed by atoms with Gasteiger partial charge in [0.1, 0.15) is 0 Å². The van der Waals surface area contributed by atoms with Gasteiger partial charge in [0.2, 0.25) is 11.8 Å². The summed E-state index contributed by atoms with van der Waals surface area (Å²) in [6.45, 7) is 5.36. The quantitative estimate of drug-likeness (QED) is 0.717. The topological polar surface area (TPSA) is 78.4 Å².